The van der Waals surface area contributed by atoms with Gasteiger partial charge in [0.2, 0.25) is 5.91 Å². The number of halogens is 1. The predicted octanol–water partition coefficient (Wildman–Crippen LogP) is 2.43. The Morgan fingerprint density at radius 2 is 2.27 bits per heavy atom. The van der Waals surface area contributed by atoms with Crippen LogP contribution >= 0.6 is 11.6 Å². The Kier molecular flexibility index (Phi) is 5.87. The number of nitrogens with one attached hydrogen (secondary N) is 1. The summed E-state index contributed by atoms with van der Waals surface area (Å²) < 4.78 is 0. The van der Waals surface area contributed by atoms with Crippen LogP contribution in [0.3, 0.4) is 0 Å². The first-order chi connectivity index (χ1) is 14.4. The molecule has 30 heavy (non-hydrogen) atoms. The number of imidazole rings is 1. The van der Waals surface area contributed by atoms with Crippen LogP contribution in [-0.4, -0.2) is 68.1 Å². The van der Waals surface area contributed by atoms with Crippen molar-refractivity contribution in [2.45, 2.75) is 31.3 Å². The van der Waals surface area contributed by atoms with Gasteiger partial charge in [-0.15, -0.1) is 0 Å². The van der Waals surface area contributed by atoms with E-state index in [1.807, 2.05) is 17.0 Å². The summed E-state index contributed by atoms with van der Waals surface area (Å²) in [5, 5.41) is 11.8. The van der Waals surface area contributed by atoms with E-state index in [0.717, 1.165) is 35.6 Å². The molecule has 2 N–H and O–H groups in total. The van der Waals surface area contributed by atoms with Crippen LogP contribution in [0.5, 0.6) is 0 Å². The van der Waals surface area contributed by atoms with E-state index in [1.54, 1.807) is 36.6 Å². The molecule has 0 saturated carbocycles. The van der Waals surface area contributed by atoms with Crippen LogP contribution in [-0.2, 0) is 11.2 Å². The van der Waals surface area contributed by atoms with Gasteiger partial charge in [-0.05, 0) is 31.0 Å². The summed E-state index contributed by atoms with van der Waals surface area (Å²) in [5.41, 5.74) is 0.714. The van der Waals surface area contributed by atoms with Gasteiger partial charge in [0.15, 0.2) is 0 Å². The second-order valence-corrected chi connectivity index (χ2v) is 8.34. The van der Waals surface area contributed by atoms with Crippen molar-refractivity contribution in [2.24, 2.45) is 0 Å². The van der Waals surface area contributed by atoms with Gasteiger partial charge < -0.3 is 19.9 Å². The molecule has 3 aromatic rings. The van der Waals surface area contributed by atoms with Gasteiger partial charge >= 0.3 is 0 Å². The van der Waals surface area contributed by atoms with Crippen molar-refractivity contribution in [3.05, 3.63) is 47.6 Å². The number of aliphatic hydroxyl groups is 1. The highest BCUT2D eigenvalue weighted by atomic mass is 35.5. The number of carbonyl (C=O) groups excluding carboxylic acids is 1. The number of fused-ring (bicyclic) bond motifs is 1. The highest BCUT2D eigenvalue weighted by Gasteiger charge is 2.35. The van der Waals surface area contributed by atoms with Crippen molar-refractivity contribution in [2.75, 3.05) is 31.6 Å². The van der Waals surface area contributed by atoms with Crippen LogP contribution in [0, 0.1) is 0 Å². The number of likely N-dealkylation sites (N-methyl/N-ethyl adjacent to an activating group) is 1. The van der Waals surface area contributed by atoms with Crippen LogP contribution in [0.1, 0.15) is 25.1 Å². The Balaban J connectivity index is 1.34. The molecule has 4 rings (SSSR count). The molecule has 0 aliphatic carbocycles. The van der Waals surface area contributed by atoms with E-state index in [-0.39, 0.29) is 12.5 Å². The molecule has 1 aliphatic rings. The first kappa shape index (κ1) is 20.6. The lowest BCUT2D eigenvalue weighted by atomic mass is 9.92. The third kappa shape index (κ3) is 4.71. The summed E-state index contributed by atoms with van der Waals surface area (Å²) in [4.78, 5) is 32.4. The van der Waals surface area contributed by atoms with E-state index in [0.29, 0.717) is 30.8 Å². The Morgan fingerprint density at radius 3 is 3.07 bits per heavy atom. The summed E-state index contributed by atoms with van der Waals surface area (Å²) in [6.07, 6.45) is 7.25. The van der Waals surface area contributed by atoms with E-state index in [2.05, 4.69) is 19.9 Å². The van der Waals surface area contributed by atoms with E-state index in [1.165, 1.54) is 0 Å². The molecule has 1 fully saturated rings. The van der Waals surface area contributed by atoms with Gasteiger partial charge in [0.05, 0.1) is 29.4 Å². The number of β-amino-alcohol motifs (C(OH)–C–C–N with tert-alkyl or cyclic N) is 1. The van der Waals surface area contributed by atoms with Crippen molar-refractivity contribution >= 4 is 34.4 Å². The lowest BCUT2D eigenvalue weighted by Gasteiger charge is -2.41. The maximum absolute atomic E-state index is 12.7. The average molecular weight is 429 g/mol. The molecule has 8 nitrogen and oxygen atoms in total. The van der Waals surface area contributed by atoms with E-state index < -0.39 is 5.60 Å². The number of carbonyl (C=O) groups is 1. The van der Waals surface area contributed by atoms with Crippen molar-refractivity contribution < 1.29 is 9.90 Å². The zero-order valence-electron chi connectivity index (χ0n) is 16.9. The molecule has 1 aliphatic heterocycles. The molecule has 1 atom stereocenters. The lowest BCUT2D eigenvalue weighted by Crippen LogP contribution is -2.55. The van der Waals surface area contributed by atoms with Gasteiger partial charge in [0.25, 0.3) is 0 Å². The van der Waals surface area contributed by atoms with E-state index in [9.17, 15) is 9.90 Å². The fourth-order valence-electron chi connectivity index (χ4n) is 3.99. The third-order valence-corrected chi connectivity index (χ3v) is 5.69. The molecular weight excluding hydrogens is 404 g/mol. The third-order valence-electron chi connectivity index (χ3n) is 5.45. The van der Waals surface area contributed by atoms with Crippen LogP contribution in [0.25, 0.3) is 11.0 Å². The molecule has 0 radical (unpaired) electrons. The van der Waals surface area contributed by atoms with Gasteiger partial charge in [0.1, 0.15) is 11.6 Å². The fraction of sp³-hybridized carbons (Fsp3) is 0.429. The molecular formula is C21H25ClN6O2. The van der Waals surface area contributed by atoms with Crippen LogP contribution < -0.4 is 4.90 Å². The number of H-pyrrole nitrogens is 1. The van der Waals surface area contributed by atoms with Crippen LogP contribution in [0.2, 0.25) is 5.02 Å². The molecule has 1 unspecified atom stereocenters. The Morgan fingerprint density at radius 1 is 1.40 bits per heavy atom. The SMILES string of the molecule is CN(CC1(O)CCCN(c2cnccn2)C1)C(=O)CCc1nc2ccc(Cl)cc2[nH]1. The maximum Gasteiger partial charge on any atom is 0.222 e. The molecule has 1 saturated heterocycles. The van der Waals surface area contributed by atoms with Gasteiger partial charge in [-0.25, -0.2) is 9.97 Å². The summed E-state index contributed by atoms with van der Waals surface area (Å²) in [7, 11) is 1.74. The topological polar surface area (TPSA) is 98.2 Å². The minimum atomic E-state index is -0.976. The first-order valence-corrected chi connectivity index (χ1v) is 10.4. The van der Waals surface area contributed by atoms with Crippen molar-refractivity contribution in [1.29, 1.82) is 0 Å². The number of amides is 1. The average Bonchev–Trinajstić information content (AvgIpc) is 3.14. The Hall–Kier alpha value is -2.71. The van der Waals surface area contributed by atoms with Crippen molar-refractivity contribution in [3.63, 3.8) is 0 Å². The molecule has 158 valence electrons. The zero-order valence-corrected chi connectivity index (χ0v) is 17.6. The summed E-state index contributed by atoms with van der Waals surface area (Å²) >= 11 is 6.01. The fourth-order valence-corrected chi connectivity index (χ4v) is 4.16. The Bertz CT molecular complexity index is 1030. The molecule has 3 heterocycles. The second kappa shape index (κ2) is 8.57. The number of piperidine rings is 1. The zero-order chi connectivity index (χ0) is 21.1. The normalized spacial score (nSPS) is 19.2. The van der Waals surface area contributed by atoms with E-state index in [4.69, 9.17) is 11.6 Å². The summed E-state index contributed by atoms with van der Waals surface area (Å²) in [6, 6.07) is 5.47. The number of aromatic nitrogens is 4. The van der Waals surface area contributed by atoms with Crippen molar-refractivity contribution in [1.82, 2.24) is 24.8 Å². The standard InChI is InChI=1S/C21H25ClN6O2/c1-27(13-21(30)7-2-10-28(14-21)19-12-23-8-9-24-19)20(29)6-5-18-25-16-4-3-15(22)11-17(16)26-18/h3-4,8-9,11-12,30H,2,5-7,10,13-14H2,1H3,(H,25,26). The molecule has 2 aromatic heterocycles. The number of aryl methyl sites for hydroxylation is 1. The minimum absolute atomic E-state index is 0.0291. The Labute approximate surface area is 179 Å². The number of benzene rings is 1. The van der Waals surface area contributed by atoms with Gasteiger partial charge in [0, 0.05) is 50.4 Å². The molecule has 0 spiro atoms. The number of anilines is 1. The number of nitrogens with zero attached hydrogens (tertiary/aromatic N) is 5. The van der Waals surface area contributed by atoms with Crippen LogP contribution in [0.15, 0.2) is 36.8 Å². The van der Waals surface area contributed by atoms with Crippen LogP contribution in [0.4, 0.5) is 5.82 Å². The first-order valence-electron chi connectivity index (χ1n) is 10.0. The molecule has 1 amide bonds. The number of aromatic amines is 1. The molecule has 9 heteroatoms. The maximum atomic E-state index is 12.7. The van der Waals surface area contributed by atoms with Crippen molar-refractivity contribution in [3.8, 4) is 0 Å². The van der Waals surface area contributed by atoms with Gasteiger partial charge in [-0.2, -0.15) is 0 Å². The number of rotatable bonds is 6. The summed E-state index contributed by atoms with van der Waals surface area (Å²) in [6.45, 7) is 1.51. The minimum Gasteiger partial charge on any atom is -0.386 e. The monoisotopic (exact) mass is 428 g/mol. The van der Waals surface area contributed by atoms with E-state index >= 15 is 0 Å². The highest BCUT2D eigenvalue weighted by molar-refractivity contribution is 6.31. The predicted molar refractivity (Wildman–Crippen MR) is 115 cm³/mol. The summed E-state index contributed by atoms with van der Waals surface area (Å²) in [5.74, 6) is 1.47. The smallest absolute Gasteiger partial charge is 0.222 e. The quantitative estimate of drug-likeness (QED) is 0.625. The van der Waals surface area contributed by atoms with Gasteiger partial charge in [-0.3, -0.25) is 9.78 Å². The highest BCUT2D eigenvalue weighted by Crippen LogP contribution is 2.25. The molecule has 1 aromatic carbocycles. The number of hydrogen-bond acceptors (Lipinski definition) is 6. The lowest BCUT2D eigenvalue weighted by molar-refractivity contribution is -0.133. The second-order valence-electron chi connectivity index (χ2n) is 7.91. The number of hydrogen-bond donors (Lipinski definition) is 2. The van der Waals surface area contributed by atoms with Gasteiger partial charge in [-0.1, -0.05) is 11.6 Å². The largest absolute Gasteiger partial charge is 0.386 e. The molecule has 0 bridgehead atoms.